The Morgan fingerprint density at radius 2 is 1.83 bits per heavy atom. The summed E-state index contributed by atoms with van der Waals surface area (Å²) in [5.74, 6) is 0. The number of rotatable bonds is 1. The van der Waals surface area contributed by atoms with Crippen molar-refractivity contribution in [3.8, 4) is 0 Å². The highest BCUT2D eigenvalue weighted by Gasteiger charge is 2.07. The minimum Gasteiger partial charge on any atom is -0.0790 e. The molecule has 0 spiro atoms. The summed E-state index contributed by atoms with van der Waals surface area (Å²) >= 11 is 2.39. The lowest BCUT2D eigenvalue weighted by molar-refractivity contribution is 1.43. The lowest BCUT2D eigenvalue weighted by Gasteiger charge is -2.01. The summed E-state index contributed by atoms with van der Waals surface area (Å²) in [6.45, 7) is 0. The summed E-state index contributed by atoms with van der Waals surface area (Å²) in [5, 5.41) is 0. The molecule has 0 saturated carbocycles. The number of hydrogen-bond donors (Lipinski definition) is 0. The van der Waals surface area contributed by atoms with Gasteiger partial charge in [0.15, 0.2) is 0 Å². The molecule has 1 heteroatoms. The second kappa shape index (κ2) is 3.44. The highest BCUT2D eigenvalue weighted by molar-refractivity contribution is 14.1. The minimum atomic E-state index is 1.09. The van der Waals surface area contributed by atoms with Gasteiger partial charge in [0.05, 0.1) is 0 Å². The topological polar surface area (TPSA) is 0 Å². The highest BCUT2D eigenvalue weighted by atomic mass is 127. The Morgan fingerprint density at radius 3 is 2.42 bits per heavy atom. The average molecular weight is 268 g/mol. The van der Waals surface area contributed by atoms with E-state index < -0.39 is 0 Å². The zero-order valence-electron chi connectivity index (χ0n) is 6.63. The smallest absolute Gasteiger partial charge is 0.0168 e. The van der Waals surface area contributed by atoms with Crippen LogP contribution in [-0.4, -0.2) is 0 Å². The van der Waals surface area contributed by atoms with Crippen LogP contribution in [0.2, 0.25) is 0 Å². The van der Waals surface area contributed by atoms with E-state index in [0.29, 0.717) is 0 Å². The fraction of sp³-hybridized carbons (Fsp3) is 0.0909. The Labute approximate surface area is 86.1 Å². The van der Waals surface area contributed by atoms with E-state index in [1.807, 2.05) is 0 Å². The van der Waals surface area contributed by atoms with Crippen LogP contribution in [0.3, 0.4) is 0 Å². The fourth-order valence-electron chi connectivity index (χ4n) is 1.37. The first kappa shape index (κ1) is 8.05. The molecule has 1 aromatic carbocycles. The molecule has 0 unspecified atom stereocenters. The Hall–Kier alpha value is -0.570. The van der Waals surface area contributed by atoms with Crippen molar-refractivity contribution in [1.82, 2.24) is 0 Å². The molecule has 0 amide bonds. The third kappa shape index (κ3) is 1.46. The van der Waals surface area contributed by atoms with Gasteiger partial charge in [-0.15, -0.1) is 0 Å². The SMILES string of the molecule is IC1=C(c2ccccc2)CC=C1. The largest absolute Gasteiger partial charge is 0.0790 e. The van der Waals surface area contributed by atoms with Crippen LogP contribution in [0.5, 0.6) is 0 Å². The van der Waals surface area contributed by atoms with Crippen molar-refractivity contribution in [1.29, 1.82) is 0 Å². The van der Waals surface area contributed by atoms with Crippen LogP contribution in [0.25, 0.3) is 5.57 Å². The van der Waals surface area contributed by atoms with Crippen molar-refractivity contribution >= 4 is 28.2 Å². The quantitative estimate of drug-likeness (QED) is 0.680. The Bertz CT molecular complexity index is 333. The maximum Gasteiger partial charge on any atom is 0.0168 e. The molecule has 0 radical (unpaired) electrons. The van der Waals surface area contributed by atoms with E-state index in [9.17, 15) is 0 Å². The van der Waals surface area contributed by atoms with Gasteiger partial charge in [0, 0.05) is 3.58 Å². The van der Waals surface area contributed by atoms with Gasteiger partial charge in [0.25, 0.3) is 0 Å². The number of allylic oxidation sites excluding steroid dienone is 4. The van der Waals surface area contributed by atoms with Gasteiger partial charge in [-0.1, -0.05) is 42.5 Å². The summed E-state index contributed by atoms with van der Waals surface area (Å²) in [7, 11) is 0. The van der Waals surface area contributed by atoms with Crippen LogP contribution in [0.1, 0.15) is 12.0 Å². The number of halogens is 1. The third-order valence-electron chi connectivity index (χ3n) is 2.00. The van der Waals surface area contributed by atoms with Crippen LogP contribution in [-0.2, 0) is 0 Å². The third-order valence-corrected chi connectivity index (χ3v) is 3.01. The van der Waals surface area contributed by atoms with Gasteiger partial charge in [0.2, 0.25) is 0 Å². The Kier molecular flexibility index (Phi) is 2.30. The van der Waals surface area contributed by atoms with Gasteiger partial charge >= 0.3 is 0 Å². The van der Waals surface area contributed by atoms with Gasteiger partial charge in [-0.2, -0.15) is 0 Å². The summed E-state index contributed by atoms with van der Waals surface area (Å²) in [6.07, 6.45) is 5.48. The van der Waals surface area contributed by atoms with E-state index in [4.69, 9.17) is 0 Å². The molecule has 0 aromatic heterocycles. The van der Waals surface area contributed by atoms with Gasteiger partial charge in [-0.05, 0) is 40.1 Å². The lowest BCUT2D eigenvalue weighted by atomic mass is 10.1. The van der Waals surface area contributed by atoms with E-state index in [0.717, 1.165) is 6.42 Å². The number of hydrogen-bond acceptors (Lipinski definition) is 0. The molecule has 60 valence electrons. The lowest BCUT2D eigenvalue weighted by Crippen LogP contribution is -1.79. The molecule has 0 aliphatic heterocycles. The van der Waals surface area contributed by atoms with Crippen LogP contribution in [0, 0.1) is 0 Å². The van der Waals surface area contributed by atoms with Gasteiger partial charge in [0.1, 0.15) is 0 Å². The molecule has 0 fully saturated rings. The van der Waals surface area contributed by atoms with Crippen LogP contribution < -0.4 is 0 Å². The predicted molar refractivity (Wildman–Crippen MR) is 61.1 cm³/mol. The van der Waals surface area contributed by atoms with Crippen molar-refractivity contribution in [2.24, 2.45) is 0 Å². The summed E-state index contributed by atoms with van der Waals surface area (Å²) in [5.41, 5.74) is 2.81. The molecule has 0 bridgehead atoms. The summed E-state index contributed by atoms with van der Waals surface area (Å²) in [4.78, 5) is 0. The highest BCUT2D eigenvalue weighted by Crippen LogP contribution is 2.32. The van der Waals surface area contributed by atoms with Crippen molar-refractivity contribution in [2.75, 3.05) is 0 Å². The van der Waals surface area contributed by atoms with E-state index in [1.165, 1.54) is 14.7 Å². The first-order chi connectivity index (χ1) is 5.88. The van der Waals surface area contributed by atoms with Gasteiger partial charge in [-0.25, -0.2) is 0 Å². The van der Waals surface area contributed by atoms with Crippen molar-refractivity contribution < 1.29 is 0 Å². The van der Waals surface area contributed by atoms with E-state index in [-0.39, 0.29) is 0 Å². The van der Waals surface area contributed by atoms with Gasteiger partial charge in [-0.3, -0.25) is 0 Å². The van der Waals surface area contributed by atoms with E-state index >= 15 is 0 Å². The molecular formula is C11H9I. The van der Waals surface area contributed by atoms with Crippen LogP contribution >= 0.6 is 22.6 Å². The second-order valence-corrected chi connectivity index (χ2v) is 3.96. The van der Waals surface area contributed by atoms with Crippen LogP contribution in [0.15, 0.2) is 46.1 Å². The first-order valence-corrected chi connectivity index (χ1v) is 5.06. The summed E-state index contributed by atoms with van der Waals surface area (Å²) < 4.78 is 1.37. The molecule has 1 aliphatic carbocycles. The molecule has 0 saturated heterocycles. The zero-order valence-corrected chi connectivity index (χ0v) is 8.78. The van der Waals surface area contributed by atoms with E-state index in [2.05, 4.69) is 65.1 Å². The molecule has 12 heavy (non-hydrogen) atoms. The molecule has 1 aromatic rings. The van der Waals surface area contributed by atoms with Crippen molar-refractivity contribution in [3.63, 3.8) is 0 Å². The van der Waals surface area contributed by atoms with E-state index in [1.54, 1.807) is 0 Å². The van der Waals surface area contributed by atoms with Crippen molar-refractivity contribution in [3.05, 3.63) is 51.6 Å². The number of benzene rings is 1. The van der Waals surface area contributed by atoms with Crippen molar-refractivity contribution in [2.45, 2.75) is 6.42 Å². The summed E-state index contributed by atoms with van der Waals surface area (Å²) in [6, 6.07) is 10.6. The Morgan fingerprint density at radius 1 is 1.08 bits per heavy atom. The molecule has 1 aliphatic rings. The molecule has 0 nitrogen and oxygen atoms in total. The first-order valence-electron chi connectivity index (χ1n) is 3.98. The molecule has 2 rings (SSSR count). The molecule has 0 heterocycles. The fourth-order valence-corrected chi connectivity index (χ4v) is 2.16. The van der Waals surface area contributed by atoms with Crippen LogP contribution in [0.4, 0.5) is 0 Å². The molecule has 0 atom stereocenters. The van der Waals surface area contributed by atoms with Gasteiger partial charge < -0.3 is 0 Å². The minimum absolute atomic E-state index is 1.09. The second-order valence-electron chi connectivity index (χ2n) is 2.80. The predicted octanol–water partition coefficient (Wildman–Crippen LogP) is 3.79. The standard InChI is InChI=1S/C11H9I/c12-11-8-4-7-10(11)9-5-2-1-3-6-9/h1-6,8H,7H2. The maximum absolute atomic E-state index is 2.39. The molecular weight excluding hydrogens is 259 g/mol. The molecule has 0 N–H and O–H groups in total. The zero-order chi connectivity index (χ0) is 8.39. The monoisotopic (exact) mass is 268 g/mol. The maximum atomic E-state index is 2.39. The average Bonchev–Trinajstić information content (AvgIpc) is 2.53. The Balaban J connectivity index is 2.40. The normalized spacial score (nSPS) is 15.8.